The monoisotopic (exact) mass is 388 g/mol. The van der Waals surface area contributed by atoms with Crippen molar-refractivity contribution >= 4 is 15.9 Å². The molecule has 2 atom stereocenters. The molecule has 1 aromatic heterocycles. The summed E-state index contributed by atoms with van der Waals surface area (Å²) in [5.41, 5.74) is 1.07. The zero-order valence-electron chi connectivity index (χ0n) is 15.4. The number of aromatic nitrogens is 2. The Morgan fingerprint density at radius 3 is 2.67 bits per heavy atom. The van der Waals surface area contributed by atoms with Gasteiger partial charge in [-0.2, -0.15) is 4.31 Å². The van der Waals surface area contributed by atoms with Crippen LogP contribution in [0.2, 0.25) is 0 Å². The molecule has 2 fully saturated rings. The van der Waals surface area contributed by atoms with Crippen LogP contribution in [0.5, 0.6) is 0 Å². The summed E-state index contributed by atoms with van der Waals surface area (Å²) in [6.07, 6.45) is 5.23. The van der Waals surface area contributed by atoms with Crippen LogP contribution in [0.3, 0.4) is 0 Å². The van der Waals surface area contributed by atoms with Gasteiger partial charge in [-0.3, -0.25) is 4.79 Å². The minimum atomic E-state index is -3.64. The van der Waals surface area contributed by atoms with E-state index in [1.807, 2.05) is 35.2 Å². The van der Waals surface area contributed by atoms with E-state index in [0.717, 1.165) is 18.4 Å². The normalized spacial score (nSPS) is 24.0. The molecule has 1 amide bonds. The molecule has 0 saturated carbocycles. The van der Waals surface area contributed by atoms with Gasteiger partial charge in [-0.15, -0.1) is 0 Å². The van der Waals surface area contributed by atoms with Crippen molar-refractivity contribution < 1.29 is 13.2 Å². The molecule has 2 aromatic rings. The van der Waals surface area contributed by atoms with Gasteiger partial charge >= 0.3 is 0 Å². The number of carbonyl (C=O) groups excluding carboxylic acids is 1. The molecule has 2 saturated heterocycles. The van der Waals surface area contributed by atoms with E-state index in [4.69, 9.17) is 0 Å². The lowest BCUT2D eigenvalue weighted by Gasteiger charge is -2.30. The van der Waals surface area contributed by atoms with Crippen LogP contribution in [0.4, 0.5) is 0 Å². The zero-order chi connectivity index (χ0) is 19.0. The fraction of sp³-hybridized carbons (Fsp3) is 0.474. The van der Waals surface area contributed by atoms with E-state index >= 15 is 0 Å². The lowest BCUT2D eigenvalue weighted by atomic mass is 9.98. The predicted octanol–water partition coefficient (Wildman–Crippen LogP) is 1.62. The molecule has 7 nitrogen and oxygen atoms in total. The number of aryl methyl sites for hydroxylation is 1. The number of likely N-dealkylation sites (tertiary alicyclic amines) is 1. The molecule has 0 spiro atoms. The SMILES string of the molecule is Cn1cnc(S(=O)(=O)N2C[C@H]3CCCC(=O)N(Cc4ccccc4)[C@H]3C2)c1. The Labute approximate surface area is 159 Å². The molecule has 0 N–H and O–H groups in total. The van der Waals surface area contributed by atoms with Gasteiger partial charge in [0, 0.05) is 45.3 Å². The largest absolute Gasteiger partial charge is 0.339 e. The van der Waals surface area contributed by atoms with E-state index in [0.29, 0.717) is 26.1 Å². The maximum absolute atomic E-state index is 13.0. The number of carbonyl (C=O) groups is 1. The number of nitrogens with zero attached hydrogens (tertiary/aromatic N) is 4. The zero-order valence-corrected chi connectivity index (χ0v) is 16.2. The second-order valence-electron chi connectivity index (χ2n) is 7.43. The van der Waals surface area contributed by atoms with Gasteiger partial charge in [-0.05, 0) is 24.3 Å². The quantitative estimate of drug-likeness (QED) is 0.798. The van der Waals surface area contributed by atoms with E-state index in [1.165, 1.54) is 16.8 Å². The van der Waals surface area contributed by atoms with Crippen molar-refractivity contribution in [2.45, 2.75) is 36.9 Å². The molecule has 0 bridgehead atoms. The molecule has 2 aliphatic rings. The van der Waals surface area contributed by atoms with Crippen molar-refractivity contribution in [3.05, 3.63) is 48.4 Å². The Kier molecular flexibility index (Phi) is 4.77. The standard InChI is InChI=1S/C19H24N4O3S/c1-21-13-18(20-14-21)27(25,26)22-11-16-8-5-9-19(24)23(17(16)12-22)10-15-6-3-2-4-7-15/h2-4,6-7,13-14,16-17H,5,8-12H2,1H3/t16-,17+/m1/s1. The molecule has 2 aliphatic heterocycles. The molecule has 27 heavy (non-hydrogen) atoms. The Morgan fingerprint density at radius 1 is 1.19 bits per heavy atom. The molecule has 0 unspecified atom stereocenters. The molecule has 0 aliphatic carbocycles. The number of hydrogen-bond acceptors (Lipinski definition) is 4. The van der Waals surface area contributed by atoms with Crippen molar-refractivity contribution in [1.82, 2.24) is 18.8 Å². The van der Waals surface area contributed by atoms with E-state index in [1.54, 1.807) is 11.6 Å². The summed E-state index contributed by atoms with van der Waals surface area (Å²) in [6.45, 7) is 1.31. The summed E-state index contributed by atoms with van der Waals surface area (Å²) < 4.78 is 29.1. The fourth-order valence-corrected chi connectivity index (χ4v) is 5.61. The number of hydrogen-bond donors (Lipinski definition) is 0. The third kappa shape index (κ3) is 3.51. The van der Waals surface area contributed by atoms with Crippen LogP contribution >= 0.6 is 0 Å². The highest BCUT2D eigenvalue weighted by Gasteiger charge is 2.44. The summed E-state index contributed by atoms with van der Waals surface area (Å²) in [5.74, 6) is 0.280. The van der Waals surface area contributed by atoms with Crippen LogP contribution in [0.15, 0.2) is 47.9 Å². The van der Waals surface area contributed by atoms with Crippen molar-refractivity contribution in [2.75, 3.05) is 13.1 Å². The highest BCUT2D eigenvalue weighted by molar-refractivity contribution is 7.89. The van der Waals surface area contributed by atoms with Gasteiger partial charge in [0.2, 0.25) is 5.91 Å². The third-order valence-corrected chi connectivity index (χ3v) is 7.26. The first-order chi connectivity index (χ1) is 12.9. The lowest BCUT2D eigenvalue weighted by Crippen LogP contribution is -2.43. The molecule has 0 radical (unpaired) electrons. The van der Waals surface area contributed by atoms with Crippen LogP contribution in [0.25, 0.3) is 0 Å². The maximum atomic E-state index is 13.0. The second kappa shape index (κ2) is 7.09. The Balaban J connectivity index is 1.59. The van der Waals surface area contributed by atoms with Crippen LogP contribution in [-0.4, -0.2) is 52.2 Å². The van der Waals surface area contributed by atoms with Crippen LogP contribution in [-0.2, 0) is 28.4 Å². The fourth-order valence-electron chi connectivity index (χ4n) is 4.13. The van der Waals surface area contributed by atoms with Crippen LogP contribution in [0, 0.1) is 5.92 Å². The van der Waals surface area contributed by atoms with E-state index < -0.39 is 10.0 Å². The van der Waals surface area contributed by atoms with Crippen molar-refractivity contribution in [2.24, 2.45) is 13.0 Å². The Morgan fingerprint density at radius 2 is 1.96 bits per heavy atom. The number of sulfonamides is 1. The number of imidazole rings is 1. The van der Waals surface area contributed by atoms with Gasteiger partial charge in [-0.25, -0.2) is 13.4 Å². The average molecular weight is 388 g/mol. The molecule has 144 valence electrons. The van der Waals surface area contributed by atoms with Gasteiger partial charge in [-0.1, -0.05) is 30.3 Å². The van der Waals surface area contributed by atoms with Crippen LogP contribution in [0.1, 0.15) is 24.8 Å². The number of benzene rings is 1. The highest BCUT2D eigenvalue weighted by Crippen LogP contribution is 2.34. The molecule has 1 aromatic carbocycles. The van der Waals surface area contributed by atoms with Crippen molar-refractivity contribution in [1.29, 1.82) is 0 Å². The molecular weight excluding hydrogens is 364 g/mol. The molecule has 4 rings (SSSR count). The van der Waals surface area contributed by atoms with Gasteiger partial charge in [0.15, 0.2) is 5.03 Å². The first-order valence-corrected chi connectivity index (χ1v) is 10.7. The van der Waals surface area contributed by atoms with Gasteiger partial charge in [0.1, 0.15) is 0 Å². The smallest absolute Gasteiger partial charge is 0.262 e. The summed E-state index contributed by atoms with van der Waals surface area (Å²) in [6, 6.07) is 9.80. The minimum absolute atomic E-state index is 0.0717. The number of rotatable bonds is 4. The van der Waals surface area contributed by atoms with Gasteiger partial charge in [0.05, 0.1) is 6.33 Å². The number of amides is 1. The van der Waals surface area contributed by atoms with Crippen LogP contribution < -0.4 is 0 Å². The minimum Gasteiger partial charge on any atom is -0.339 e. The van der Waals surface area contributed by atoms with E-state index in [-0.39, 0.29) is 22.9 Å². The first-order valence-electron chi connectivity index (χ1n) is 9.26. The number of fused-ring (bicyclic) bond motifs is 1. The third-order valence-electron chi connectivity index (χ3n) is 5.54. The van der Waals surface area contributed by atoms with E-state index in [2.05, 4.69) is 4.98 Å². The topological polar surface area (TPSA) is 75.5 Å². The van der Waals surface area contributed by atoms with Gasteiger partial charge in [0.25, 0.3) is 10.0 Å². The summed E-state index contributed by atoms with van der Waals surface area (Å²) in [7, 11) is -1.89. The first kappa shape index (κ1) is 18.2. The predicted molar refractivity (Wildman–Crippen MR) is 100 cm³/mol. The lowest BCUT2D eigenvalue weighted by molar-refractivity contribution is -0.133. The van der Waals surface area contributed by atoms with Gasteiger partial charge < -0.3 is 9.47 Å². The summed E-state index contributed by atoms with van der Waals surface area (Å²) in [4.78, 5) is 18.6. The summed E-state index contributed by atoms with van der Waals surface area (Å²) in [5, 5.41) is 0.0717. The molecule has 3 heterocycles. The maximum Gasteiger partial charge on any atom is 0.262 e. The average Bonchev–Trinajstić information content (AvgIpc) is 3.25. The second-order valence-corrected chi connectivity index (χ2v) is 9.31. The summed E-state index contributed by atoms with van der Waals surface area (Å²) >= 11 is 0. The molecular formula is C19H24N4O3S. The van der Waals surface area contributed by atoms with Crippen molar-refractivity contribution in [3.8, 4) is 0 Å². The highest BCUT2D eigenvalue weighted by atomic mass is 32.2. The van der Waals surface area contributed by atoms with Crippen molar-refractivity contribution in [3.63, 3.8) is 0 Å². The Bertz CT molecular complexity index is 925. The molecule has 8 heteroatoms. The Hall–Kier alpha value is -2.19. The van der Waals surface area contributed by atoms with E-state index in [9.17, 15) is 13.2 Å².